The van der Waals surface area contributed by atoms with Gasteiger partial charge < -0.3 is 10.4 Å². The van der Waals surface area contributed by atoms with Crippen LogP contribution in [0.5, 0.6) is 0 Å². The van der Waals surface area contributed by atoms with Gasteiger partial charge in [-0.05, 0) is 37.1 Å². The highest BCUT2D eigenvalue weighted by atomic mass is 16.3. The topological polar surface area (TPSA) is 32.3 Å². The molecule has 2 rings (SSSR count). The molecule has 2 aromatic rings. The van der Waals surface area contributed by atoms with Crippen LogP contribution in [0.25, 0.3) is 0 Å². The van der Waals surface area contributed by atoms with Gasteiger partial charge >= 0.3 is 0 Å². The van der Waals surface area contributed by atoms with Crippen LogP contribution in [0.3, 0.4) is 0 Å². The lowest BCUT2D eigenvalue weighted by atomic mass is 9.80. The zero-order chi connectivity index (χ0) is 14.6. The molecule has 0 fully saturated rings. The highest BCUT2D eigenvalue weighted by molar-refractivity contribution is 5.44. The van der Waals surface area contributed by atoms with Crippen LogP contribution in [0.1, 0.15) is 29.2 Å². The minimum absolute atomic E-state index is 0.0365. The van der Waals surface area contributed by atoms with Gasteiger partial charge in [0.1, 0.15) is 0 Å². The molecule has 2 nitrogen and oxygen atoms in total. The molecule has 0 aliphatic carbocycles. The Kier molecular flexibility index (Phi) is 4.58. The molecule has 0 aliphatic heterocycles. The first-order chi connectivity index (χ1) is 9.64. The molecule has 1 atom stereocenters. The molecule has 0 saturated carbocycles. The second-order valence-corrected chi connectivity index (χ2v) is 5.28. The zero-order valence-corrected chi connectivity index (χ0v) is 12.5. The first kappa shape index (κ1) is 14.8. The summed E-state index contributed by atoms with van der Waals surface area (Å²) in [5.74, 6) is 0. The number of likely N-dealkylation sites (N-methyl/N-ethyl adjacent to an activating group) is 1. The van der Waals surface area contributed by atoms with Gasteiger partial charge in [0.25, 0.3) is 0 Å². The third kappa shape index (κ3) is 2.62. The molecule has 2 aromatic carbocycles. The molecule has 1 unspecified atom stereocenters. The van der Waals surface area contributed by atoms with E-state index in [9.17, 15) is 5.11 Å². The summed E-state index contributed by atoms with van der Waals surface area (Å²) in [6, 6.07) is 16.6. The summed E-state index contributed by atoms with van der Waals surface area (Å²) in [4.78, 5) is 0. The van der Waals surface area contributed by atoms with E-state index < -0.39 is 5.54 Å². The lowest BCUT2D eigenvalue weighted by Crippen LogP contribution is -2.47. The number of aliphatic hydroxyl groups excluding tert-OH is 1. The van der Waals surface area contributed by atoms with Crippen LogP contribution in [0.2, 0.25) is 0 Å². The van der Waals surface area contributed by atoms with Gasteiger partial charge in [0.05, 0.1) is 12.1 Å². The standard InChI is InChI=1S/C18H23NO/c1-4-19-18(13-20,16-8-6-5-7-9-16)17-11-10-14(2)12-15(17)3/h5-12,19-20H,4,13H2,1-3H3. The molecule has 0 heterocycles. The number of nitrogens with one attached hydrogen (secondary N) is 1. The molecule has 0 saturated heterocycles. The molecule has 0 aromatic heterocycles. The Bertz CT molecular complexity index is 565. The predicted molar refractivity (Wildman–Crippen MR) is 83.9 cm³/mol. The molecule has 20 heavy (non-hydrogen) atoms. The molecule has 106 valence electrons. The van der Waals surface area contributed by atoms with Crippen LogP contribution in [0.15, 0.2) is 48.5 Å². The van der Waals surface area contributed by atoms with Crippen molar-refractivity contribution >= 4 is 0 Å². The smallest absolute Gasteiger partial charge is 0.0927 e. The summed E-state index contributed by atoms with van der Waals surface area (Å²) in [7, 11) is 0. The summed E-state index contributed by atoms with van der Waals surface area (Å²) in [6.07, 6.45) is 0. The van der Waals surface area contributed by atoms with Crippen molar-refractivity contribution in [3.05, 3.63) is 70.8 Å². The third-order valence-electron chi connectivity index (χ3n) is 3.82. The van der Waals surface area contributed by atoms with E-state index in [-0.39, 0.29) is 6.61 Å². The molecule has 2 heteroatoms. The molecule has 0 amide bonds. The number of benzene rings is 2. The van der Waals surface area contributed by atoms with Crippen molar-refractivity contribution in [2.24, 2.45) is 0 Å². The Hall–Kier alpha value is -1.64. The second-order valence-electron chi connectivity index (χ2n) is 5.28. The van der Waals surface area contributed by atoms with Gasteiger partial charge in [-0.15, -0.1) is 0 Å². The number of rotatable bonds is 5. The monoisotopic (exact) mass is 269 g/mol. The molecule has 0 radical (unpaired) electrons. The highest BCUT2D eigenvalue weighted by Gasteiger charge is 2.33. The predicted octanol–water partition coefficient (Wildman–Crippen LogP) is 3.15. The normalized spacial score (nSPS) is 14.0. The Labute approximate surface area is 121 Å². The first-order valence-corrected chi connectivity index (χ1v) is 7.13. The van der Waals surface area contributed by atoms with Crippen molar-refractivity contribution in [1.29, 1.82) is 0 Å². The molecular weight excluding hydrogens is 246 g/mol. The van der Waals surface area contributed by atoms with E-state index in [2.05, 4.69) is 56.4 Å². The van der Waals surface area contributed by atoms with E-state index in [0.29, 0.717) is 0 Å². The van der Waals surface area contributed by atoms with Crippen molar-refractivity contribution in [2.75, 3.05) is 13.2 Å². The van der Waals surface area contributed by atoms with Gasteiger partial charge in [-0.3, -0.25) is 0 Å². The number of hydrogen-bond acceptors (Lipinski definition) is 2. The van der Waals surface area contributed by atoms with Crippen LogP contribution in [-0.4, -0.2) is 18.3 Å². The van der Waals surface area contributed by atoms with Crippen molar-refractivity contribution in [3.63, 3.8) is 0 Å². The number of aliphatic hydroxyl groups is 1. The van der Waals surface area contributed by atoms with E-state index in [1.54, 1.807) is 0 Å². The summed E-state index contributed by atoms with van der Waals surface area (Å²) in [6.45, 7) is 7.09. The van der Waals surface area contributed by atoms with Crippen molar-refractivity contribution < 1.29 is 5.11 Å². The quantitative estimate of drug-likeness (QED) is 0.874. The average Bonchev–Trinajstić information content (AvgIpc) is 2.46. The minimum atomic E-state index is -0.534. The maximum atomic E-state index is 10.1. The van der Waals surface area contributed by atoms with Gasteiger partial charge in [-0.2, -0.15) is 0 Å². The van der Waals surface area contributed by atoms with Crippen LogP contribution >= 0.6 is 0 Å². The largest absolute Gasteiger partial charge is 0.394 e. The van der Waals surface area contributed by atoms with Gasteiger partial charge in [0, 0.05) is 0 Å². The lowest BCUT2D eigenvalue weighted by Gasteiger charge is -2.35. The third-order valence-corrected chi connectivity index (χ3v) is 3.82. The van der Waals surface area contributed by atoms with Crippen molar-refractivity contribution in [3.8, 4) is 0 Å². The van der Waals surface area contributed by atoms with Gasteiger partial charge in [0.15, 0.2) is 0 Å². The minimum Gasteiger partial charge on any atom is -0.394 e. The van der Waals surface area contributed by atoms with E-state index in [1.807, 2.05) is 18.2 Å². The van der Waals surface area contributed by atoms with E-state index in [1.165, 1.54) is 11.1 Å². The Morgan fingerprint density at radius 2 is 1.75 bits per heavy atom. The fraction of sp³-hybridized carbons (Fsp3) is 0.333. The highest BCUT2D eigenvalue weighted by Crippen LogP contribution is 2.32. The molecule has 0 bridgehead atoms. The van der Waals surface area contributed by atoms with E-state index in [0.717, 1.165) is 17.7 Å². The maximum Gasteiger partial charge on any atom is 0.0927 e. The Morgan fingerprint density at radius 3 is 2.30 bits per heavy atom. The Morgan fingerprint density at radius 1 is 1.05 bits per heavy atom. The first-order valence-electron chi connectivity index (χ1n) is 7.13. The van der Waals surface area contributed by atoms with Gasteiger partial charge in [-0.25, -0.2) is 0 Å². The lowest BCUT2D eigenvalue weighted by molar-refractivity contribution is 0.192. The summed E-state index contributed by atoms with van der Waals surface area (Å²) in [5.41, 5.74) is 4.13. The van der Waals surface area contributed by atoms with Crippen LogP contribution in [-0.2, 0) is 5.54 Å². The van der Waals surface area contributed by atoms with E-state index in [4.69, 9.17) is 0 Å². The molecule has 2 N–H and O–H groups in total. The van der Waals surface area contributed by atoms with Crippen LogP contribution in [0.4, 0.5) is 0 Å². The summed E-state index contributed by atoms with van der Waals surface area (Å²) in [5, 5.41) is 13.6. The fourth-order valence-electron chi connectivity index (χ4n) is 2.90. The SMILES string of the molecule is CCNC(CO)(c1ccccc1)c1ccc(C)cc1C. The number of hydrogen-bond donors (Lipinski definition) is 2. The van der Waals surface area contributed by atoms with E-state index >= 15 is 0 Å². The average molecular weight is 269 g/mol. The molecule has 0 spiro atoms. The summed E-state index contributed by atoms with van der Waals surface area (Å²) >= 11 is 0. The maximum absolute atomic E-state index is 10.1. The summed E-state index contributed by atoms with van der Waals surface area (Å²) < 4.78 is 0. The van der Waals surface area contributed by atoms with Crippen molar-refractivity contribution in [2.45, 2.75) is 26.3 Å². The van der Waals surface area contributed by atoms with Gasteiger partial charge in [-0.1, -0.05) is 61.0 Å². The van der Waals surface area contributed by atoms with Crippen molar-refractivity contribution in [1.82, 2.24) is 5.32 Å². The number of aryl methyl sites for hydroxylation is 2. The zero-order valence-electron chi connectivity index (χ0n) is 12.5. The van der Waals surface area contributed by atoms with Crippen LogP contribution < -0.4 is 5.32 Å². The van der Waals surface area contributed by atoms with Gasteiger partial charge in [0.2, 0.25) is 0 Å². The van der Waals surface area contributed by atoms with Crippen LogP contribution in [0, 0.1) is 13.8 Å². The molecule has 0 aliphatic rings. The fourth-order valence-corrected chi connectivity index (χ4v) is 2.90. The second kappa shape index (κ2) is 6.21. The Balaban J connectivity index is 2.63. The molecular formula is C18H23NO.